The van der Waals surface area contributed by atoms with Crippen molar-refractivity contribution in [2.45, 2.75) is 38.7 Å². The van der Waals surface area contributed by atoms with E-state index in [-0.39, 0.29) is 5.91 Å². The predicted molar refractivity (Wildman–Crippen MR) is 80.7 cm³/mol. The second-order valence-corrected chi connectivity index (χ2v) is 5.39. The lowest BCUT2D eigenvalue weighted by Crippen LogP contribution is -2.12. The Bertz CT molecular complexity index is 609. The van der Waals surface area contributed by atoms with Crippen LogP contribution in [0, 0.1) is 6.92 Å². The minimum absolute atomic E-state index is 0.161. The monoisotopic (exact) mass is 285 g/mol. The van der Waals surface area contributed by atoms with Gasteiger partial charge in [-0.25, -0.2) is 0 Å². The minimum Gasteiger partial charge on any atom is -0.490 e. The molecule has 1 amide bonds. The molecule has 110 valence electrons. The van der Waals surface area contributed by atoms with Gasteiger partial charge in [-0.05, 0) is 62.9 Å². The maximum atomic E-state index is 12.1. The summed E-state index contributed by atoms with van der Waals surface area (Å²) in [5.41, 5.74) is 1.31. The zero-order valence-corrected chi connectivity index (χ0v) is 12.1. The molecule has 1 heterocycles. The highest BCUT2D eigenvalue weighted by atomic mass is 16.5. The molecule has 1 aliphatic rings. The highest BCUT2D eigenvalue weighted by molar-refractivity contribution is 6.04. The molecule has 0 atom stereocenters. The molecule has 0 radical (unpaired) electrons. The van der Waals surface area contributed by atoms with Crippen LogP contribution in [-0.2, 0) is 0 Å². The van der Waals surface area contributed by atoms with Crippen molar-refractivity contribution in [1.82, 2.24) is 0 Å². The number of aryl methyl sites for hydroxylation is 1. The molecular weight excluding hydrogens is 266 g/mol. The summed E-state index contributed by atoms with van der Waals surface area (Å²) in [5.74, 6) is 1.32. The third-order valence-corrected chi connectivity index (χ3v) is 3.82. The van der Waals surface area contributed by atoms with Gasteiger partial charge in [0, 0.05) is 5.69 Å². The number of amides is 1. The second kappa shape index (κ2) is 6.04. The molecule has 0 spiro atoms. The van der Waals surface area contributed by atoms with Crippen LogP contribution in [0.25, 0.3) is 0 Å². The summed E-state index contributed by atoms with van der Waals surface area (Å²) in [6, 6.07) is 9.18. The lowest BCUT2D eigenvalue weighted by Gasteiger charge is -2.13. The van der Waals surface area contributed by atoms with Crippen molar-refractivity contribution in [3.8, 4) is 5.75 Å². The first-order chi connectivity index (χ1) is 10.2. The topological polar surface area (TPSA) is 51.5 Å². The fourth-order valence-electron chi connectivity index (χ4n) is 2.63. The van der Waals surface area contributed by atoms with E-state index in [1.807, 2.05) is 24.3 Å². The molecule has 1 fully saturated rings. The van der Waals surface area contributed by atoms with Crippen molar-refractivity contribution in [3.05, 3.63) is 47.9 Å². The molecule has 3 rings (SSSR count). The number of hydrogen-bond acceptors (Lipinski definition) is 3. The highest BCUT2D eigenvalue weighted by Gasteiger charge is 2.16. The maximum Gasteiger partial charge on any atom is 0.259 e. The molecule has 0 saturated heterocycles. The van der Waals surface area contributed by atoms with E-state index in [1.54, 1.807) is 13.0 Å². The summed E-state index contributed by atoms with van der Waals surface area (Å²) in [7, 11) is 0. The molecular formula is C17H19NO3. The van der Waals surface area contributed by atoms with Gasteiger partial charge in [0.25, 0.3) is 5.91 Å². The van der Waals surface area contributed by atoms with Crippen molar-refractivity contribution in [2.24, 2.45) is 0 Å². The third-order valence-electron chi connectivity index (χ3n) is 3.82. The number of nitrogens with one attached hydrogen (secondary N) is 1. The van der Waals surface area contributed by atoms with E-state index in [2.05, 4.69) is 5.32 Å². The summed E-state index contributed by atoms with van der Waals surface area (Å²) < 4.78 is 11.0. The van der Waals surface area contributed by atoms with Gasteiger partial charge in [0.1, 0.15) is 11.5 Å². The maximum absolute atomic E-state index is 12.1. The van der Waals surface area contributed by atoms with Crippen molar-refractivity contribution < 1.29 is 13.9 Å². The zero-order chi connectivity index (χ0) is 14.7. The molecule has 1 aromatic heterocycles. The zero-order valence-electron chi connectivity index (χ0n) is 12.1. The van der Waals surface area contributed by atoms with Gasteiger partial charge in [0.15, 0.2) is 0 Å². The minimum atomic E-state index is -0.161. The molecule has 21 heavy (non-hydrogen) atoms. The van der Waals surface area contributed by atoms with Crippen molar-refractivity contribution in [1.29, 1.82) is 0 Å². The van der Waals surface area contributed by atoms with Crippen LogP contribution in [-0.4, -0.2) is 12.0 Å². The first-order valence-electron chi connectivity index (χ1n) is 7.34. The second-order valence-electron chi connectivity index (χ2n) is 5.39. The highest BCUT2D eigenvalue weighted by Crippen LogP contribution is 2.25. The molecule has 0 aliphatic heterocycles. The van der Waals surface area contributed by atoms with E-state index in [1.165, 1.54) is 19.1 Å². The van der Waals surface area contributed by atoms with E-state index < -0.39 is 0 Å². The number of hydrogen-bond donors (Lipinski definition) is 1. The SMILES string of the molecule is Cc1occc1C(=O)Nc1ccc(OC2CCCC2)cc1. The Morgan fingerprint density at radius 3 is 2.52 bits per heavy atom. The van der Waals surface area contributed by atoms with E-state index in [9.17, 15) is 4.79 Å². The fraction of sp³-hybridized carbons (Fsp3) is 0.353. The van der Waals surface area contributed by atoms with Gasteiger partial charge in [0.05, 0.1) is 17.9 Å². The Morgan fingerprint density at radius 2 is 1.90 bits per heavy atom. The number of benzene rings is 1. The molecule has 4 nitrogen and oxygen atoms in total. The third kappa shape index (κ3) is 3.27. The van der Waals surface area contributed by atoms with E-state index in [0.717, 1.165) is 24.3 Å². The fourth-order valence-corrected chi connectivity index (χ4v) is 2.63. The number of anilines is 1. The summed E-state index contributed by atoms with van der Waals surface area (Å²) in [6.45, 7) is 1.77. The van der Waals surface area contributed by atoms with Crippen LogP contribution in [0.2, 0.25) is 0 Å². The number of rotatable bonds is 4. The van der Waals surface area contributed by atoms with Gasteiger partial charge in [-0.1, -0.05) is 0 Å². The van der Waals surface area contributed by atoms with Crippen LogP contribution in [0.5, 0.6) is 5.75 Å². The first kappa shape index (κ1) is 13.7. The Labute approximate surface area is 124 Å². The molecule has 1 aromatic carbocycles. The van der Waals surface area contributed by atoms with E-state index in [0.29, 0.717) is 17.4 Å². The summed E-state index contributed by atoms with van der Waals surface area (Å²) in [6.07, 6.45) is 6.64. The Balaban J connectivity index is 1.61. The Morgan fingerprint density at radius 1 is 1.19 bits per heavy atom. The van der Waals surface area contributed by atoms with Gasteiger partial charge in [-0.15, -0.1) is 0 Å². The van der Waals surface area contributed by atoms with Crippen LogP contribution in [0.4, 0.5) is 5.69 Å². The lowest BCUT2D eigenvalue weighted by atomic mass is 10.2. The average Bonchev–Trinajstić information content (AvgIpc) is 3.12. The molecule has 1 N–H and O–H groups in total. The molecule has 0 bridgehead atoms. The van der Waals surface area contributed by atoms with Crippen LogP contribution in [0.1, 0.15) is 41.8 Å². The van der Waals surface area contributed by atoms with Gasteiger partial charge < -0.3 is 14.5 Å². The normalized spacial score (nSPS) is 15.1. The van der Waals surface area contributed by atoms with Crippen LogP contribution < -0.4 is 10.1 Å². The number of furan rings is 1. The Hall–Kier alpha value is -2.23. The van der Waals surface area contributed by atoms with Crippen LogP contribution in [0.15, 0.2) is 41.0 Å². The van der Waals surface area contributed by atoms with Crippen molar-refractivity contribution >= 4 is 11.6 Å². The molecule has 4 heteroatoms. The molecule has 2 aromatic rings. The Kier molecular flexibility index (Phi) is 3.95. The van der Waals surface area contributed by atoms with Gasteiger partial charge >= 0.3 is 0 Å². The lowest BCUT2D eigenvalue weighted by molar-refractivity contribution is 0.102. The summed E-state index contributed by atoms with van der Waals surface area (Å²) >= 11 is 0. The van der Waals surface area contributed by atoms with Crippen molar-refractivity contribution in [2.75, 3.05) is 5.32 Å². The first-order valence-corrected chi connectivity index (χ1v) is 7.34. The predicted octanol–water partition coefficient (Wildman–Crippen LogP) is 4.16. The smallest absolute Gasteiger partial charge is 0.259 e. The van der Waals surface area contributed by atoms with Gasteiger partial charge in [0.2, 0.25) is 0 Å². The molecule has 1 saturated carbocycles. The standard InChI is InChI=1S/C17H19NO3/c1-12-16(10-11-20-12)17(19)18-13-6-8-15(9-7-13)21-14-4-2-3-5-14/h6-11,14H,2-5H2,1H3,(H,18,19). The average molecular weight is 285 g/mol. The number of carbonyl (C=O) groups is 1. The quantitative estimate of drug-likeness (QED) is 0.917. The van der Waals surface area contributed by atoms with E-state index >= 15 is 0 Å². The van der Waals surface area contributed by atoms with E-state index in [4.69, 9.17) is 9.15 Å². The van der Waals surface area contributed by atoms with Gasteiger partial charge in [-0.2, -0.15) is 0 Å². The number of ether oxygens (including phenoxy) is 1. The van der Waals surface area contributed by atoms with Crippen molar-refractivity contribution in [3.63, 3.8) is 0 Å². The largest absolute Gasteiger partial charge is 0.490 e. The van der Waals surface area contributed by atoms with Crippen LogP contribution in [0.3, 0.4) is 0 Å². The molecule has 1 aliphatic carbocycles. The van der Waals surface area contributed by atoms with Crippen LogP contribution >= 0.6 is 0 Å². The molecule has 0 unspecified atom stereocenters. The van der Waals surface area contributed by atoms with Gasteiger partial charge in [-0.3, -0.25) is 4.79 Å². The number of carbonyl (C=O) groups excluding carboxylic acids is 1. The summed E-state index contributed by atoms with van der Waals surface area (Å²) in [5, 5.41) is 2.85. The summed E-state index contributed by atoms with van der Waals surface area (Å²) in [4.78, 5) is 12.1.